The highest BCUT2D eigenvalue weighted by Gasteiger charge is 2.40. The molecule has 0 saturated carbocycles. The molecule has 0 unspecified atom stereocenters. The molecule has 0 aliphatic carbocycles. The van der Waals surface area contributed by atoms with Crippen LogP contribution >= 0.6 is 0 Å². The molecule has 8 heterocycles. The number of piperidine rings is 8. The van der Waals surface area contributed by atoms with Crippen LogP contribution in [0.1, 0.15) is 332 Å². The van der Waals surface area contributed by atoms with Gasteiger partial charge < -0.3 is 14.7 Å². The quantitative estimate of drug-likeness (QED) is 0.232. The molecule has 548 valence electrons. The second kappa shape index (κ2) is 42.3. The normalized spacial score (nSPS) is 25.6. The molecule has 8 saturated heterocycles. The van der Waals surface area contributed by atoms with Crippen molar-refractivity contribution in [1.29, 1.82) is 0 Å². The summed E-state index contributed by atoms with van der Waals surface area (Å²) in [7, 11) is 0. The van der Waals surface area contributed by atoms with Crippen molar-refractivity contribution in [3.05, 3.63) is 0 Å². The van der Waals surface area contributed by atoms with Crippen LogP contribution in [0.3, 0.4) is 0 Å². The zero-order valence-corrected chi connectivity index (χ0v) is 65.8. The second-order valence-electron chi connectivity index (χ2n) is 35.0. The Labute approximate surface area is 575 Å². The zero-order chi connectivity index (χ0) is 69.5. The van der Waals surface area contributed by atoms with E-state index in [-0.39, 0.29) is 37.0 Å². The van der Waals surface area contributed by atoms with Gasteiger partial charge in [0.1, 0.15) is 11.6 Å². The Hall–Kier alpha value is -1.64. The minimum Gasteiger partial charge on any atom is -0.301 e. The SMILES string of the molecule is C.C.CC(C)N1CC(=O)CCC1(C)C.CC(C)N1CC(=O)CCC1(C)C.CC(C)N1CCCC(=O)C1(C)C.CC(C)N1CCCC(=O)C1(C)C.CC(C)N1CCCC(C)(C)C1.CC(C)N1CCCCC1(C)C.CC(C)N1CCC[C@@H](C)C1.CC(C)N1CCC[C@H](C)C1. The van der Waals surface area contributed by atoms with Crippen molar-refractivity contribution in [2.75, 3.05) is 72.0 Å². The lowest BCUT2D eigenvalue weighted by atomic mass is 9.84. The summed E-state index contributed by atoms with van der Waals surface area (Å²) in [6, 6.07) is 4.85. The van der Waals surface area contributed by atoms with Crippen molar-refractivity contribution < 1.29 is 19.2 Å². The van der Waals surface area contributed by atoms with Crippen LogP contribution in [-0.4, -0.2) is 210 Å². The highest BCUT2D eigenvalue weighted by molar-refractivity contribution is 5.88. The molecule has 8 aliphatic heterocycles. The summed E-state index contributed by atoms with van der Waals surface area (Å²) in [6.07, 6.45) is 19.7. The minimum absolute atomic E-state index is 0. The zero-order valence-electron chi connectivity index (χ0n) is 65.8. The first kappa shape index (κ1) is 92.4. The Morgan fingerprint density at radius 1 is 0.326 bits per heavy atom. The molecular weight excluding hydrogens is 1140 g/mol. The summed E-state index contributed by atoms with van der Waals surface area (Å²) < 4.78 is 0. The van der Waals surface area contributed by atoms with Crippen molar-refractivity contribution in [3.8, 4) is 0 Å². The van der Waals surface area contributed by atoms with Gasteiger partial charge in [0.15, 0.2) is 11.6 Å². The van der Waals surface area contributed by atoms with E-state index in [1.54, 1.807) is 0 Å². The van der Waals surface area contributed by atoms with E-state index in [0.29, 0.717) is 77.4 Å². The fourth-order valence-corrected chi connectivity index (χ4v) is 15.6. The summed E-state index contributed by atoms with van der Waals surface area (Å²) >= 11 is 0. The van der Waals surface area contributed by atoms with Crippen LogP contribution in [0.4, 0.5) is 0 Å². The van der Waals surface area contributed by atoms with E-state index in [4.69, 9.17) is 0 Å². The number of carbonyl (C=O) groups is 4. The Balaban J connectivity index is 0. The third kappa shape index (κ3) is 32.4. The van der Waals surface area contributed by atoms with E-state index >= 15 is 0 Å². The number of Topliss-reactive ketones (excluding diaryl/α,β-unsaturated/α-hetero) is 4. The second-order valence-corrected chi connectivity index (χ2v) is 35.0. The monoisotopic (exact) mass is 1300 g/mol. The highest BCUT2D eigenvalue weighted by atomic mass is 16.1. The van der Waals surface area contributed by atoms with Gasteiger partial charge in [0.05, 0.1) is 24.2 Å². The Morgan fingerprint density at radius 2 is 0.641 bits per heavy atom. The van der Waals surface area contributed by atoms with E-state index < -0.39 is 0 Å². The minimum atomic E-state index is -0.230. The number of nitrogens with zero attached hydrogens (tertiary/aromatic N) is 8. The van der Waals surface area contributed by atoms with Crippen molar-refractivity contribution in [3.63, 3.8) is 0 Å². The van der Waals surface area contributed by atoms with Crippen molar-refractivity contribution in [2.24, 2.45) is 17.3 Å². The van der Waals surface area contributed by atoms with Crippen LogP contribution in [0.15, 0.2) is 0 Å². The maximum atomic E-state index is 11.6. The predicted octanol–water partition coefficient (Wildman–Crippen LogP) is 18.1. The fourth-order valence-electron chi connectivity index (χ4n) is 15.6. The summed E-state index contributed by atoms with van der Waals surface area (Å²) in [4.78, 5) is 65.2. The molecule has 0 N–H and O–H groups in total. The number of likely N-dealkylation sites (tertiary alicyclic amines) is 8. The molecule has 0 bridgehead atoms. The molecule has 12 heteroatoms. The van der Waals surface area contributed by atoms with Gasteiger partial charge >= 0.3 is 0 Å². The Kier molecular flexibility index (Phi) is 42.5. The molecule has 0 spiro atoms. The third-order valence-corrected chi connectivity index (χ3v) is 21.5. The lowest BCUT2D eigenvalue weighted by Crippen LogP contribution is -2.56. The van der Waals surface area contributed by atoms with Crippen molar-refractivity contribution >= 4 is 23.1 Å². The van der Waals surface area contributed by atoms with Crippen LogP contribution in [-0.2, 0) is 19.2 Å². The van der Waals surface area contributed by atoms with E-state index in [1.165, 1.54) is 104 Å². The average Bonchev–Trinajstić information content (AvgIpc) is 1.44. The first-order chi connectivity index (χ1) is 41.2. The molecule has 0 aromatic carbocycles. The maximum absolute atomic E-state index is 11.6. The fraction of sp³-hybridized carbons (Fsp3) is 0.950. The molecule has 8 rings (SSSR count). The summed E-state index contributed by atoms with van der Waals surface area (Å²) in [5.74, 6) is 3.42. The highest BCUT2D eigenvalue weighted by Crippen LogP contribution is 2.33. The molecule has 8 fully saturated rings. The third-order valence-electron chi connectivity index (χ3n) is 21.5. The first-order valence-corrected chi connectivity index (χ1v) is 37.4. The van der Waals surface area contributed by atoms with Crippen molar-refractivity contribution in [2.45, 2.75) is 408 Å². The van der Waals surface area contributed by atoms with Crippen LogP contribution in [0.2, 0.25) is 0 Å². The number of hydrogen-bond donors (Lipinski definition) is 0. The predicted molar refractivity (Wildman–Crippen MR) is 404 cm³/mol. The Morgan fingerprint density at radius 3 is 0.880 bits per heavy atom. The number of ketones is 4. The standard InChI is InChI=1S/4C10H19NO.2C10H21N.2C9H19N.2CH4/c2*1-8(2)11-7-9(12)5-6-10(11,3)4;2*1-8(2)11-7-5-6-9(12)10(11,3)4;1-9(2)11-7-5-6-10(3,4)8-11;1-9(2)11-8-6-5-7-10(11,3)4;2*1-8(2)10-6-4-5-9(3)7-10;;/h4*8H,5-7H2,1-4H3;2*9H,5-8H2,1-4H3;2*8-9H,4-7H2,1-3H3;2*1H4/t;;;;;;2*9-;;/m......10../s1. The van der Waals surface area contributed by atoms with Crippen LogP contribution in [0.5, 0.6) is 0 Å². The lowest BCUT2D eigenvalue weighted by Gasteiger charge is -2.45. The topological polar surface area (TPSA) is 94.2 Å². The van der Waals surface area contributed by atoms with Gasteiger partial charge in [-0.25, -0.2) is 0 Å². The van der Waals surface area contributed by atoms with Crippen molar-refractivity contribution in [1.82, 2.24) is 39.2 Å². The molecule has 0 radical (unpaired) electrons. The smallest absolute Gasteiger partial charge is 0.152 e. The molecule has 0 aromatic rings. The molecular formula is C80H164N8O4. The van der Waals surface area contributed by atoms with E-state index in [0.717, 1.165) is 94.4 Å². The van der Waals surface area contributed by atoms with Crippen LogP contribution in [0.25, 0.3) is 0 Å². The van der Waals surface area contributed by atoms with Gasteiger partial charge in [-0.1, -0.05) is 49.0 Å². The van der Waals surface area contributed by atoms with Gasteiger partial charge in [0.25, 0.3) is 0 Å². The first-order valence-electron chi connectivity index (χ1n) is 37.4. The van der Waals surface area contributed by atoms with Gasteiger partial charge in [0.2, 0.25) is 0 Å². The van der Waals surface area contributed by atoms with Gasteiger partial charge in [-0.3, -0.25) is 43.7 Å². The molecule has 0 aromatic heterocycles. The van der Waals surface area contributed by atoms with Gasteiger partial charge in [-0.15, -0.1) is 0 Å². The number of rotatable bonds is 8. The lowest BCUT2D eigenvalue weighted by molar-refractivity contribution is -0.134. The van der Waals surface area contributed by atoms with E-state index in [9.17, 15) is 19.2 Å². The summed E-state index contributed by atoms with van der Waals surface area (Å²) in [5.41, 5.74) is 0.970. The van der Waals surface area contributed by atoms with E-state index in [1.807, 2.05) is 27.7 Å². The average molecular weight is 1300 g/mol. The van der Waals surface area contributed by atoms with Gasteiger partial charge in [-0.05, 0) is 314 Å². The number of carbonyl (C=O) groups excluding carboxylic acids is 4. The van der Waals surface area contributed by atoms with Gasteiger partial charge in [0, 0.05) is 110 Å². The molecule has 2 atom stereocenters. The molecule has 12 nitrogen and oxygen atoms in total. The molecule has 0 amide bonds. The van der Waals surface area contributed by atoms with Gasteiger partial charge in [-0.2, -0.15) is 0 Å². The Bertz CT molecular complexity index is 1910. The molecule has 92 heavy (non-hydrogen) atoms. The van der Waals surface area contributed by atoms with Crippen LogP contribution in [0, 0.1) is 17.3 Å². The number of hydrogen-bond acceptors (Lipinski definition) is 12. The summed E-state index contributed by atoms with van der Waals surface area (Å²) in [5, 5.41) is 0. The molecule has 8 aliphatic rings. The summed E-state index contributed by atoms with van der Waals surface area (Å²) in [6.45, 7) is 79.4. The largest absolute Gasteiger partial charge is 0.301 e. The maximum Gasteiger partial charge on any atom is 0.152 e. The van der Waals surface area contributed by atoms with E-state index in [2.05, 4.69) is 219 Å². The van der Waals surface area contributed by atoms with Crippen LogP contribution < -0.4 is 0 Å².